The van der Waals surface area contributed by atoms with Crippen molar-refractivity contribution in [3.63, 3.8) is 0 Å². The average Bonchev–Trinajstić information content (AvgIpc) is 2.89. The largest absolute Gasteiger partial charge is 0.495 e. The first-order valence-electron chi connectivity index (χ1n) is 5.81. The smallest absolute Gasteiger partial charge is 0.358 e. The first-order chi connectivity index (χ1) is 9.60. The Kier molecular flexibility index (Phi) is 4.41. The number of halogens is 1. The third-order valence-electron chi connectivity index (χ3n) is 2.58. The van der Waals surface area contributed by atoms with Gasteiger partial charge in [-0.3, -0.25) is 0 Å². The molecule has 0 amide bonds. The maximum atomic E-state index is 10.7. The zero-order chi connectivity index (χ0) is 14.5. The Morgan fingerprint density at radius 3 is 3.00 bits per heavy atom. The summed E-state index contributed by atoms with van der Waals surface area (Å²) in [4.78, 5) is 10.7. The van der Waals surface area contributed by atoms with Gasteiger partial charge in [0.25, 0.3) is 0 Å². The van der Waals surface area contributed by atoms with Gasteiger partial charge < -0.3 is 15.2 Å². The quantitative estimate of drug-likeness (QED) is 0.844. The van der Waals surface area contributed by atoms with Gasteiger partial charge >= 0.3 is 5.97 Å². The van der Waals surface area contributed by atoms with E-state index in [1.807, 2.05) is 6.07 Å². The Morgan fingerprint density at radius 2 is 2.35 bits per heavy atom. The van der Waals surface area contributed by atoms with Crippen molar-refractivity contribution < 1.29 is 14.6 Å². The van der Waals surface area contributed by atoms with Crippen molar-refractivity contribution in [3.05, 3.63) is 35.1 Å². The second kappa shape index (κ2) is 6.25. The molecular formula is C12H13ClN4O3. The van der Waals surface area contributed by atoms with Crippen LogP contribution in [0, 0.1) is 0 Å². The van der Waals surface area contributed by atoms with E-state index in [2.05, 4.69) is 15.6 Å². The molecule has 8 heteroatoms. The number of carboxylic acid groups (broad SMARTS) is 1. The molecule has 0 saturated carbocycles. The van der Waals surface area contributed by atoms with Crippen LogP contribution >= 0.6 is 11.6 Å². The fraction of sp³-hybridized carbons (Fsp3) is 0.250. The Hall–Kier alpha value is -2.28. The van der Waals surface area contributed by atoms with Gasteiger partial charge in [0, 0.05) is 18.3 Å². The first kappa shape index (κ1) is 14.1. The van der Waals surface area contributed by atoms with Crippen LogP contribution in [0.4, 0.5) is 5.69 Å². The van der Waals surface area contributed by atoms with Crippen molar-refractivity contribution in [2.75, 3.05) is 19.0 Å². The molecule has 1 aromatic carbocycles. The molecule has 0 radical (unpaired) electrons. The molecule has 0 unspecified atom stereocenters. The number of carbonyl (C=O) groups is 1. The summed E-state index contributed by atoms with van der Waals surface area (Å²) in [5, 5.41) is 19.7. The van der Waals surface area contributed by atoms with E-state index < -0.39 is 5.97 Å². The minimum Gasteiger partial charge on any atom is -0.495 e. The molecule has 2 aromatic rings. The van der Waals surface area contributed by atoms with Crippen molar-refractivity contribution in [3.8, 4) is 5.75 Å². The number of carboxylic acids is 1. The normalized spacial score (nSPS) is 10.3. The Labute approximate surface area is 120 Å². The highest BCUT2D eigenvalue weighted by Gasteiger charge is 2.07. The van der Waals surface area contributed by atoms with Gasteiger partial charge in [0.1, 0.15) is 5.75 Å². The van der Waals surface area contributed by atoms with E-state index in [4.69, 9.17) is 21.4 Å². The lowest BCUT2D eigenvalue weighted by Crippen LogP contribution is -2.11. The van der Waals surface area contributed by atoms with Crippen molar-refractivity contribution >= 4 is 23.3 Å². The summed E-state index contributed by atoms with van der Waals surface area (Å²) < 4.78 is 6.58. The summed E-state index contributed by atoms with van der Waals surface area (Å²) in [7, 11) is 1.55. The number of methoxy groups -OCH3 is 1. The van der Waals surface area contributed by atoms with Crippen molar-refractivity contribution in [2.24, 2.45) is 0 Å². The summed E-state index contributed by atoms with van der Waals surface area (Å²) in [6.07, 6.45) is 1.38. The van der Waals surface area contributed by atoms with Crippen LogP contribution in [0.15, 0.2) is 24.4 Å². The van der Waals surface area contributed by atoms with E-state index in [1.54, 1.807) is 19.2 Å². The maximum absolute atomic E-state index is 10.7. The van der Waals surface area contributed by atoms with Crippen LogP contribution in [0.3, 0.4) is 0 Å². The van der Waals surface area contributed by atoms with Crippen LogP contribution in [0.1, 0.15) is 10.5 Å². The van der Waals surface area contributed by atoms with Gasteiger partial charge in [-0.2, -0.15) is 0 Å². The van der Waals surface area contributed by atoms with E-state index in [0.717, 1.165) is 5.69 Å². The van der Waals surface area contributed by atoms with Crippen molar-refractivity contribution in [1.82, 2.24) is 15.0 Å². The number of hydrogen-bond donors (Lipinski definition) is 2. The molecule has 106 valence electrons. The number of rotatable bonds is 6. The lowest BCUT2D eigenvalue weighted by atomic mass is 10.3. The molecule has 0 aliphatic rings. The Morgan fingerprint density at radius 1 is 1.55 bits per heavy atom. The van der Waals surface area contributed by atoms with Crippen molar-refractivity contribution in [2.45, 2.75) is 6.54 Å². The Balaban J connectivity index is 1.90. The molecule has 2 rings (SSSR count). The molecule has 2 N–H and O–H groups in total. The van der Waals surface area contributed by atoms with Crippen LogP contribution in [0.2, 0.25) is 5.02 Å². The van der Waals surface area contributed by atoms with E-state index in [9.17, 15) is 4.79 Å². The highest BCUT2D eigenvalue weighted by molar-refractivity contribution is 6.32. The number of nitrogens with zero attached hydrogens (tertiary/aromatic N) is 3. The molecule has 0 aliphatic heterocycles. The summed E-state index contributed by atoms with van der Waals surface area (Å²) >= 11 is 5.93. The maximum Gasteiger partial charge on any atom is 0.358 e. The van der Waals surface area contributed by atoms with Crippen LogP contribution in [-0.4, -0.2) is 39.7 Å². The van der Waals surface area contributed by atoms with Crippen LogP contribution in [0.25, 0.3) is 0 Å². The minimum atomic E-state index is -1.09. The lowest BCUT2D eigenvalue weighted by molar-refractivity contribution is 0.0690. The van der Waals surface area contributed by atoms with E-state index in [1.165, 1.54) is 10.9 Å². The predicted octanol–water partition coefficient (Wildman–Crippen LogP) is 1.75. The van der Waals surface area contributed by atoms with E-state index in [-0.39, 0.29) is 5.69 Å². The molecule has 0 fully saturated rings. The van der Waals surface area contributed by atoms with Crippen LogP contribution in [-0.2, 0) is 6.54 Å². The topological polar surface area (TPSA) is 89.3 Å². The standard InChI is InChI=1S/C12H13ClN4O3/c1-20-11-6-8(2-3-9(11)13)14-4-5-17-7-10(12(18)19)15-16-17/h2-3,6-7,14H,4-5H2,1H3,(H,18,19). The molecule has 20 heavy (non-hydrogen) atoms. The number of nitrogens with one attached hydrogen (secondary N) is 1. The summed E-state index contributed by atoms with van der Waals surface area (Å²) in [6, 6.07) is 5.35. The van der Waals surface area contributed by atoms with Crippen molar-refractivity contribution in [1.29, 1.82) is 0 Å². The lowest BCUT2D eigenvalue weighted by Gasteiger charge is -2.09. The summed E-state index contributed by atoms with van der Waals surface area (Å²) in [5.41, 5.74) is 0.781. The second-order valence-electron chi connectivity index (χ2n) is 3.95. The van der Waals surface area contributed by atoms with Crippen LogP contribution < -0.4 is 10.1 Å². The number of benzene rings is 1. The molecule has 1 aromatic heterocycles. The van der Waals surface area contributed by atoms with Crippen LogP contribution in [0.5, 0.6) is 5.75 Å². The zero-order valence-corrected chi connectivity index (χ0v) is 11.5. The molecule has 0 atom stereocenters. The van der Waals surface area contributed by atoms with Gasteiger partial charge in [-0.15, -0.1) is 5.10 Å². The highest BCUT2D eigenvalue weighted by Crippen LogP contribution is 2.27. The third-order valence-corrected chi connectivity index (χ3v) is 2.89. The van der Waals surface area contributed by atoms with Gasteiger partial charge in [-0.1, -0.05) is 16.8 Å². The number of ether oxygens (including phenoxy) is 1. The molecular weight excluding hydrogens is 284 g/mol. The minimum absolute atomic E-state index is 0.0711. The molecule has 7 nitrogen and oxygen atoms in total. The van der Waals surface area contributed by atoms with E-state index >= 15 is 0 Å². The second-order valence-corrected chi connectivity index (χ2v) is 4.36. The fourth-order valence-electron chi connectivity index (χ4n) is 1.59. The molecule has 0 saturated heterocycles. The number of hydrogen-bond acceptors (Lipinski definition) is 5. The number of aromatic nitrogens is 3. The highest BCUT2D eigenvalue weighted by atomic mass is 35.5. The monoisotopic (exact) mass is 296 g/mol. The van der Waals surface area contributed by atoms with Gasteiger partial charge in [0.05, 0.1) is 24.9 Å². The molecule has 0 spiro atoms. The van der Waals surface area contributed by atoms with E-state index in [0.29, 0.717) is 23.9 Å². The fourth-order valence-corrected chi connectivity index (χ4v) is 1.78. The third kappa shape index (κ3) is 3.39. The van der Waals surface area contributed by atoms with Gasteiger partial charge in [-0.25, -0.2) is 9.48 Å². The Bertz CT molecular complexity index is 614. The molecule has 1 heterocycles. The molecule has 0 aliphatic carbocycles. The zero-order valence-electron chi connectivity index (χ0n) is 10.7. The number of aromatic carboxylic acids is 1. The molecule has 0 bridgehead atoms. The average molecular weight is 297 g/mol. The summed E-state index contributed by atoms with van der Waals surface area (Å²) in [5.74, 6) is -0.503. The summed E-state index contributed by atoms with van der Waals surface area (Å²) in [6.45, 7) is 1.05. The number of anilines is 1. The van der Waals surface area contributed by atoms with Gasteiger partial charge in [0.2, 0.25) is 0 Å². The van der Waals surface area contributed by atoms with Gasteiger partial charge in [-0.05, 0) is 12.1 Å². The SMILES string of the molecule is COc1cc(NCCn2cc(C(=O)O)nn2)ccc1Cl. The van der Waals surface area contributed by atoms with Gasteiger partial charge in [0.15, 0.2) is 5.69 Å². The first-order valence-corrected chi connectivity index (χ1v) is 6.19. The predicted molar refractivity (Wildman–Crippen MR) is 73.5 cm³/mol.